The highest BCUT2D eigenvalue weighted by molar-refractivity contribution is 5.86. The molecule has 166 valence electrons. The van der Waals surface area contributed by atoms with Crippen LogP contribution in [0, 0.1) is 11.8 Å². The zero-order chi connectivity index (χ0) is 21.6. The molecule has 31 heavy (non-hydrogen) atoms. The van der Waals surface area contributed by atoms with Crippen molar-refractivity contribution in [2.75, 3.05) is 26.7 Å². The fraction of sp³-hybridized carbons (Fsp3) is 0.538. The minimum Gasteiger partial charge on any atom is -0.341 e. The predicted molar refractivity (Wildman–Crippen MR) is 125 cm³/mol. The smallest absolute Gasteiger partial charge is 0.317 e. The molecular formula is C26H35N3O2. The molecular weight excluding hydrogens is 386 g/mol. The molecule has 0 bridgehead atoms. The number of carbonyl (C=O) groups excluding carboxylic acids is 2. The van der Waals surface area contributed by atoms with Crippen LogP contribution >= 0.6 is 0 Å². The average Bonchev–Trinajstić information content (AvgIpc) is 2.81. The maximum atomic E-state index is 12.6. The van der Waals surface area contributed by atoms with Crippen LogP contribution < -0.4 is 5.32 Å². The average molecular weight is 422 g/mol. The SMILES string of the molecule is CN(Cc1cccc2ccccc12)C(=O)CCCNC(=O)N1CCC2CCCCC2C1. The van der Waals surface area contributed by atoms with Crippen molar-refractivity contribution in [1.82, 2.24) is 15.1 Å². The zero-order valence-corrected chi connectivity index (χ0v) is 18.7. The number of carbonyl (C=O) groups is 2. The molecule has 2 aromatic carbocycles. The summed E-state index contributed by atoms with van der Waals surface area (Å²) >= 11 is 0. The standard InChI is InChI=1S/C26H35N3O2/c1-28(18-23-12-6-11-21-9-4-5-13-24(21)23)25(30)14-7-16-27-26(31)29-17-15-20-8-2-3-10-22(20)19-29/h4-6,9,11-13,20,22H,2-3,7-8,10,14-19H2,1H3,(H,27,31). The molecule has 1 aliphatic carbocycles. The lowest BCUT2D eigenvalue weighted by Crippen LogP contribution is -2.48. The third kappa shape index (κ3) is 5.38. The molecule has 0 aromatic heterocycles. The van der Waals surface area contributed by atoms with Crippen LogP contribution in [0.15, 0.2) is 42.5 Å². The van der Waals surface area contributed by atoms with Crippen molar-refractivity contribution in [2.24, 2.45) is 11.8 Å². The Hall–Kier alpha value is -2.56. The summed E-state index contributed by atoms with van der Waals surface area (Å²) < 4.78 is 0. The van der Waals surface area contributed by atoms with Gasteiger partial charge in [-0.2, -0.15) is 0 Å². The van der Waals surface area contributed by atoms with Crippen LogP contribution in [0.5, 0.6) is 0 Å². The fourth-order valence-corrected chi connectivity index (χ4v) is 5.30. The highest BCUT2D eigenvalue weighted by Gasteiger charge is 2.32. The van der Waals surface area contributed by atoms with Crippen molar-refractivity contribution in [3.8, 4) is 0 Å². The second kappa shape index (κ2) is 10.2. The van der Waals surface area contributed by atoms with Gasteiger partial charge in [0.2, 0.25) is 5.91 Å². The van der Waals surface area contributed by atoms with Crippen molar-refractivity contribution in [3.63, 3.8) is 0 Å². The van der Waals surface area contributed by atoms with E-state index in [0.717, 1.165) is 31.0 Å². The molecule has 2 aromatic rings. The van der Waals surface area contributed by atoms with Gasteiger partial charge in [-0.15, -0.1) is 0 Å². The summed E-state index contributed by atoms with van der Waals surface area (Å²) in [7, 11) is 1.86. The number of likely N-dealkylation sites (tertiary alicyclic amines) is 1. The van der Waals surface area contributed by atoms with Crippen LogP contribution in [0.4, 0.5) is 4.79 Å². The zero-order valence-electron chi connectivity index (χ0n) is 18.7. The van der Waals surface area contributed by atoms with Crippen LogP contribution in [-0.2, 0) is 11.3 Å². The maximum Gasteiger partial charge on any atom is 0.317 e. The Kier molecular flexibility index (Phi) is 7.10. The second-order valence-electron chi connectivity index (χ2n) is 9.26. The molecule has 5 heteroatoms. The van der Waals surface area contributed by atoms with Gasteiger partial charge in [-0.1, -0.05) is 61.7 Å². The Morgan fingerprint density at radius 2 is 1.81 bits per heavy atom. The predicted octanol–water partition coefficient (Wildman–Crippen LogP) is 4.80. The van der Waals surface area contributed by atoms with E-state index in [1.165, 1.54) is 36.5 Å². The number of nitrogens with one attached hydrogen (secondary N) is 1. The molecule has 0 spiro atoms. The number of fused-ring (bicyclic) bond motifs is 2. The highest BCUT2D eigenvalue weighted by Crippen LogP contribution is 2.35. The van der Waals surface area contributed by atoms with Gasteiger partial charge >= 0.3 is 6.03 Å². The Morgan fingerprint density at radius 1 is 1.03 bits per heavy atom. The first-order valence-electron chi connectivity index (χ1n) is 11.8. The number of urea groups is 1. The topological polar surface area (TPSA) is 52.7 Å². The summed E-state index contributed by atoms with van der Waals surface area (Å²) in [5.41, 5.74) is 1.16. The molecule has 1 N–H and O–H groups in total. The van der Waals surface area contributed by atoms with E-state index in [9.17, 15) is 9.59 Å². The van der Waals surface area contributed by atoms with Gasteiger partial charge in [0.05, 0.1) is 0 Å². The molecule has 2 unspecified atom stereocenters. The molecule has 3 amide bonds. The molecule has 5 nitrogen and oxygen atoms in total. The molecule has 1 saturated heterocycles. The van der Waals surface area contributed by atoms with Gasteiger partial charge in [0, 0.05) is 39.6 Å². The van der Waals surface area contributed by atoms with E-state index in [0.29, 0.717) is 31.8 Å². The molecule has 4 rings (SSSR count). The third-order valence-corrected chi connectivity index (χ3v) is 7.14. The fourth-order valence-electron chi connectivity index (χ4n) is 5.30. The van der Waals surface area contributed by atoms with Crippen LogP contribution in [0.25, 0.3) is 10.8 Å². The van der Waals surface area contributed by atoms with Crippen LogP contribution in [0.1, 0.15) is 50.5 Å². The minimum absolute atomic E-state index is 0.0422. The quantitative estimate of drug-likeness (QED) is 0.681. The minimum atomic E-state index is 0.0422. The number of rotatable bonds is 6. The van der Waals surface area contributed by atoms with Crippen molar-refractivity contribution in [2.45, 2.75) is 51.5 Å². The second-order valence-corrected chi connectivity index (χ2v) is 9.26. The maximum absolute atomic E-state index is 12.6. The lowest BCUT2D eigenvalue weighted by molar-refractivity contribution is -0.130. The number of benzene rings is 2. The number of piperidine rings is 1. The Bertz CT molecular complexity index is 907. The van der Waals surface area contributed by atoms with Crippen LogP contribution in [0.3, 0.4) is 0 Å². The van der Waals surface area contributed by atoms with Gasteiger partial charge in [0.15, 0.2) is 0 Å². The van der Waals surface area contributed by atoms with Gasteiger partial charge in [0.1, 0.15) is 0 Å². The monoisotopic (exact) mass is 421 g/mol. The summed E-state index contributed by atoms with van der Waals surface area (Å²) in [6.45, 7) is 2.93. The first kappa shape index (κ1) is 21.7. The van der Waals surface area contributed by atoms with Crippen LogP contribution in [0.2, 0.25) is 0 Å². The van der Waals surface area contributed by atoms with E-state index in [1.54, 1.807) is 4.90 Å². The Labute approximate surface area is 185 Å². The third-order valence-electron chi connectivity index (χ3n) is 7.14. The van der Waals surface area contributed by atoms with Gasteiger partial charge in [-0.25, -0.2) is 4.79 Å². The summed E-state index contributed by atoms with van der Waals surface area (Å²) in [6.07, 6.45) is 7.55. The molecule has 2 fully saturated rings. The van der Waals surface area contributed by atoms with Gasteiger partial charge in [0.25, 0.3) is 0 Å². The summed E-state index contributed by atoms with van der Waals surface area (Å²) in [4.78, 5) is 28.9. The van der Waals surface area contributed by atoms with E-state index in [1.807, 2.05) is 30.1 Å². The first-order valence-corrected chi connectivity index (χ1v) is 11.8. The molecule has 1 heterocycles. The molecule has 1 saturated carbocycles. The van der Waals surface area contributed by atoms with Crippen molar-refractivity contribution >= 4 is 22.7 Å². The van der Waals surface area contributed by atoms with Crippen molar-refractivity contribution < 1.29 is 9.59 Å². The highest BCUT2D eigenvalue weighted by atomic mass is 16.2. The molecule has 0 radical (unpaired) electrons. The Balaban J connectivity index is 1.19. The van der Waals surface area contributed by atoms with Gasteiger partial charge in [-0.3, -0.25) is 4.79 Å². The van der Waals surface area contributed by atoms with Crippen molar-refractivity contribution in [1.29, 1.82) is 0 Å². The van der Waals surface area contributed by atoms with Gasteiger partial charge in [-0.05, 0) is 47.4 Å². The number of hydrogen-bond donors (Lipinski definition) is 1. The van der Waals surface area contributed by atoms with E-state index < -0.39 is 0 Å². The normalized spacial score (nSPS) is 20.9. The van der Waals surface area contributed by atoms with Crippen LogP contribution in [-0.4, -0.2) is 48.4 Å². The van der Waals surface area contributed by atoms with E-state index >= 15 is 0 Å². The number of amides is 3. The first-order chi connectivity index (χ1) is 15.1. The Morgan fingerprint density at radius 3 is 2.68 bits per heavy atom. The summed E-state index contributed by atoms with van der Waals surface area (Å²) in [5.74, 6) is 1.63. The van der Waals surface area contributed by atoms with Crippen molar-refractivity contribution in [3.05, 3.63) is 48.0 Å². The van der Waals surface area contributed by atoms with E-state index in [4.69, 9.17) is 0 Å². The molecule has 2 aliphatic rings. The number of nitrogens with zero attached hydrogens (tertiary/aromatic N) is 2. The molecule has 1 aliphatic heterocycles. The largest absolute Gasteiger partial charge is 0.341 e. The number of hydrogen-bond acceptors (Lipinski definition) is 2. The lowest BCUT2D eigenvalue weighted by atomic mass is 9.75. The van der Waals surface area contributed by atoms with E-state index in [2.05, 4.69) is 29.6 Å². The van der Waals surface area contributed by atoms with E-state index in [-0.39, 0.29) is 11.9 Å². The summed E-state index contributed by atoms with van der Waals surface area (Å²) in [6, 6.07) is 14.5. The molecule has 2 atom stereocenters. The van der Waals surface area contributed by atoms with Gasteiger partial charge < -0.3 is 15.1 Å². The lowest BCUT2D eigenvalue weighted by Gasteiger charge is -2.41. The summed E-state index contributed by atoms with van der Waals surface area (Å²) in [5, 5.41) is 5.42.